The average molecular weight is 565 g/mol. The lowest BCUT2D eigenvalue weighted by molar-refractivity contribution is -0.133. The van der Waals surface area contributed by atoms with Crippen LogP contribution in [0.1, 0.15) is 17.1 Å². The number of carbonyl (C=O) groups excluding carboxylic acids is 2. The number of ether oxygens (including phenoxy) is 4. The summed E-state index contributed by atoms with van der Waals surface area (Å²) in [6.07, 6.45) is 0. The van der Waals surface area contributed by atoms with E-state index in [2.05, 4.69) is 10.2 Å². The zero-order chi connectivity index (χ0) is 28.6. The topological polar surface area (TPSA) is 106 Å². The van der Waals surface area contributed by atoms with E-state index >= 15 is 0 Å². The summed E-state index contributed by atoms with van der Waals surface area (Å²) >= 11 is 0. The zero-order valence-electron chi connectivity index (χ0n) is 23.5. The summed E-state index contributed by atoms with van der Waals surface area (Å²) in [5.74, 6) is 3.24. The van der Waals surface area contributed by atoms with Crippen molar-refractivity contribution in [2.45, 2.75) is 20.0 Å². The van der Waals surface area contributed by atoms with Gasteiger partial charge in [-0.05, 0) is 61.0 Å². The number of urea groups is 1. The molecule has 218 valence electrons. The number of furan rings is 1. The molecule has 0 bridgehead atoms. The number of fused-ring (bicyclic) bond motifs is 1. The van der Waals surface area contributed by atoms with Crippen LogP contribution in [-0.2, 0) is 22.6 Å². The minimum absolute atomic E-state index is 0.101. The quantitative estimate of drug-likeness (QED) is 0.376. The van der Waals surface area contributed by atoms with Gasteiger partial charge in [0.25, 0.3) is 0 Å². The van der Waals surface area contributed by atoms with Gasteiger partial charge in [0.15, 0.2) is 11.5 Å². The van der Waals surface area contributed by atoms with Gasteiger partial charge in [-0.25, -0.2) is 4.79 Å². The molecule has 0 atom stereocenters. The van der Waals surface area contributed by atoms with Crippen LogP contribution < -0.4 is 19.5 Å². The van der Waals surface area contributed by atoms with Gasteiger partial charge in [-0.1, -0.05) is 6.07 Å². The number of aryl methyl sites for hydroxylation is 1. The summed E-state index contributed by atoms with van der Waals surface area (Å²) in [4.78, 5) is 32.8. The van der Waals surface area contributed by atoms with Crippen molar-refractivity contribution in [3.8, 4) is 17.2 Å². The van der Waals surface area contributed by atoms with E-state index in [1.165, 1.54) is 0 Å². The van der Waals surface area contributed by atoms with Gasteiger partial charge in [-0.15, -0.1) is 0 Å². The largest absolute Gasteiger partial charge is 0.497 e. The minimum Gasteiger partial charge on any atom is -0.497 e. The Morgan fingerprint density at radius 2 is 1.73 bits per heavy atom. The van der Waals surface area contributed by atoms with Crippen LogP contribution in [0.25, 0.3) is 0 Å². The van der Waals surface area contributed by atoms with Crippen molar-refractivity contribution in [1.29, 1.82) is 0 Å². The van der Waals surface area contributed by atoms with Gasteiger partial charge in [0.1, 0.15) is 23.8 Å². The summed E-state index contributed by atoms with van der Waals surface area (Å²) in [6, 6.07) is 16.1. The van der Waals surface area contributed by atoms with Gasteiger partial charge in [0, 0.05) is 38.4 Å². The summed E-state index contributed by atoms with van der Waals surface area (Å²) in [6.45, 7) is 6.41. The standard InChI is InChI=1S/C30H36N4O7/c1-22-3-7-26(41-22)19-34(18-23-4-10-27-28(17-23)40-21-39-27)29(35)20-33(12-11-32-13-15-38-16-14-32)30(36)31-24-5-8-25(37-2)9-6-24/h3-10,17H,11-16,18-21H2,1-2H3,(H,31,36). The number of nitrogens with zero attached hydrogens (tertiary/aromatic N) is 3. The molecule has 3 heterocycles. The van der Waals surface area contributed by atoms with E-state index in [-0.39, 0.29) is 31.8 Å². The first-order valence-corrected chi connectivity index (χ1v) is 13.7. The zero-order valence-corrected chi connectivity index (χ0v) is 23.5. The molecular weight excluding hydrogens is 528 g/mol. The van der Waals surface area contributed by atoms with Crippen molar-refractivity contribution in [1.82, 2.24) is 14.7 Å². The fourth-order valence-corrected chi connectivity index (χ4v) is 4.73. The minimum atomic E-state index is -0.353. The van der Waals surface area contributed by atoms with Crippen molar-refractivity contribution >= 4 is 17.6 Å². The lowest BCUT2D eigenvalue weighted by Gasteiger charge is -2.31. The summed E-state index contributed by atoms with van der Waals surface area (Å²) in [5.41, 5.74) is 1.50. The third kappa shape index (κ3) is 7.71. The summed E-state index contributed by atoms with van der Waals surface area (Å²) in [7, 11) is 1.59. The molecule has 3 aromatic rings. The van der Waals surface area contributed by atoms with Gasteiger partial charge in [-0.2, -0.15) is 0 Å². The summed E-state index contributed by atoms with van der Waals surface area (Å²) in [5, 5.41) is 2.92. The molecule has 1 saturated heterocycles. The Balaban J connectivity index is 1.32. The number of amides is 3. The van der Waals surface area contributed by atoms with Crippen molar-refractivity contribution in [3.05, 3.63) is 71.7 Å². The highest BCUT2D eigenvalue weighted by molar-refractivity contribution is 5.92. The molecule has 0 aliphatic carbocycles. The number of morpholine rings is 1. The Morgan fingerprint density at radius 1 is 0.951 bits per heavy atom. The van der Waals surface area contributed by atoms with Crippen molar-refractivity contribution in [3.63, 3.8) is 0 Å². The van der Waals surface area contributed by atoms with Gasteiger partial charge < -0.3 is 38.5 Å². The maximum absolute atomic E-state index is 13.9. The molecule has 3 amide bonds. The summed E-state index contributed by atoms with van der Waals surface area (Å²) < 4.78 is 27.4. The number of carbonyl (C=O) groups is 2. The predicted molar refractivity (Wildman–Crippen MR) is 151 cm³/mol. The molecular formula is C30H36N4O7. The highest BCUT2D eigenvalue weighted by atomic mass is 16.7. The van der Waals surface area contributed by atoms with Crippen molar-refractivity contribution < 1.29 is 33.0 Å². The van der Waals surface area contributed by atoms with Crippen LogP contribution in [0, 0.1) is 6.92 Å². The molecule has 41 heavy (non-hydrogen) atoms. The number of hydrogen-bond donors (Lipinski definition) is 1. The van der Waals surface area contributed by atoms with E-state index in [1.807, 2.05) is 37.3 Å². The van der Waals surface area contributed by atoms with Crippen molar-refractivity contribution in [2.24, 2.45) is 0 Å². The first kappa shape index (κ1) is 28.3. The molecule has 1 aromatic heterocycles. The third-order valence-corrected chi connectivity index (χ3v) is 7.05. The molecule has 1 N–H and O–H groups in total. The van der Waals surface area contributed by atoms with E-state index in [9.17, 15) is 9.59 Å². The number of methoxy groups -OCH3 is 1. The Kier molecular flexibility index (Phi) is 9.27. The first-order chi connectivity index (χ1) is 20.0. The number of hydrogen-bond acceptors (Lipinski definition) is 8. The highest BCUT2D eigenvalue weighted by Gasteiger charge is 2.25. The molecule has 5 rings (SSSR count). The third-order valence-electron chi connectivity index (χ3n) is 7.05. The Bertz CT molecular complexity index is 1320. The fourth-order valence-electron chi connectivity index (χ4n) is 4.73. The van der Waals surface area contributed by atoms with Gasteiger partial charge >= 0.3 is 6.03 Å². The highest BCUT2D eigenvalue weighted by Crippen LogP contribution is 2.33. The maximum atomic E-state index is 13.9. The lowest BCUT2D eigenvalue weighted by Crippen LogP contribution is -2.48. The number of nitrogens with one attached hydrogen (secondary N) is 1. The fraction of sp³-hybridized carbons (Fsp3) is 0.400. The van der Waals surface area contributed by atoms with E-state index < -0.39 is 0 Å². The van der Waals surface area contributed by atoms with Crippen LogP contribution in [0.4, 0.5) is 10.5 Å². The normalized spacial score (nSPS) is 14.5. The van der Waals surface area contributed by atoms with Crippen LogP contribution in [0.5, 0.6) is 17.2 Å². The molecule has 11 heteroatoms. The smallest absolute Gasteiger partial charge is 0.322 e. The Hall–Kier alpha value is -4.22. The maximum Gasteiger partial charge on any atom is 0.322 e. The molecule has 0 saturated carbocycles. The monoisotopic (exact) mass is 564 g/mol. The molecule has 11 nitrogen and oxygen atoms in total. The molecule has 1 fully saturated rings. The van der Waals surface area contributed by atoms with E-state index in [1.54, 1.807) is 41.2 Å². The average Bonchev–Trinajstić information content (AvgIpc) is 3.63. The number of rotatable bonds is 11. The molecule has 0 spiro atoms. The van der Waals surface area contributed by atoms with E-state index in [0.29, 0.717) is 61.5 Å². The van der Waals surface area contributed by atoms with Gasteiger partial charge in [0.2, 0.25) is 12.7 Å². The lowest BCUT2D eigenvalue weighted by atomic mass is 10.2. The Labute approximate surface area is 239 Å². The van der Waals surface area contributed by atoms with E-state index in [0.717, 1.165) is 24.4 Å². The molecule has 0 radical (unpaired) electrons. The predicted octanol–water partition coefficient (Wildman–Crippen LogP) is 3.72. The Morgan fingerprint density at radius 3 is 2.46 bits per heavy atom. The number of anilines is 1. The van der Waals surface area contributed by atoms with Crippen LogP contribution in [0.2, 0.25) is 0 Å². The molecule has 0 unspecified atom stereocenters. The number of benzene rings is 2. The van der Waals surface area contributed by atoms with Crippen molar-refractivity contribution in [2.75, 3.05) is 65.2 Å². The second-order valence-corrected chi connectivity index (χ2v) is 9.98. The van der Waals surface area contributed by atoms with E-state index in [4.69, 9.17) is 23.4 Å². The van der Waals surface area contributed by atoms with Crippen LogP contribution in [-0.4, -0.2) is 86.5 Å². The van der Waals surface area contributed by atoms with Gasteiger partial charge in [-0.3, -0.25) is 9.69 Å². The van der Waals surface area contributed by atoms with Gasteiger partial charge in [0.05, 0.1) is 26.9 Å². The SMILES string of the molecule is COc1ccc(NC(=O)N(CCN2CCOCC2)CC(=O)N(Cc2ccc3c(c2)OCO3)Cc2ccc(C)o2)cc1. The second-order valence-electron chi connectivity index (χ2n) is 9.98. The second kappa shape index (κ2) is 13.4. The molecule has 2 aliphatic rings. The van der Waals surface area contributed by atoms with Crippen LogP contribution in [0.15, 0.2) is 59.0 Å². The first-order valence-electron chi connectivity index (χ1n) is 13.7. The van der Waals surface area contributed by atoms with Crippen LogP contribution >= 0.6 is 0 Å². The van der Waals surface area contributed by atoms with Crippen LogP contribution in [0.3, 0.4) is 0 Å². The molecule has 2 aromatic carbocycles. The molecule has 2 aliphatic heterocycles.